The average molecular weight is 429 g/mol. The van der Waals surface area contributed by atoms with Gasteiger partial charge in [0.1, 0.15) is 0 Å². The second-order valence-electron chi connectivity index (χ2n) is 11.1. The van der Waals surface area contributed by atoms with Gasteiger partial charge >= 0.3 is 0 Å². The highest BCUT2D eigenvalue weighted by Crippen LogP contribution is 2.61. The Morgan fingerprint density at radius 1 is 1.06 bits per heavy atom. The molecule has 3 aliphatic rings. The molecule has 3 nitrogen and oxygen atoms in total. The van der Waals surface area contributed by atoms with Gasteiger partial charge < -0.3 is 15.3 Å². The zero-order chi connectivity index (χ0) is 23.0. The first-order valence-electron chi connectivity index (χ1n) is 12.3. The van der Waals surface area contributed by atoms with E-state index >= 15 is 0 Å². The van der Waals surface area contributed by atoms with E-state index in [4.69, 9.17) is 0 Å². The van der Waals surface area contributed by atoms with Gasteiger partial charge in [0, 0.05) is 17.8 Å². The first-order chi connectivity index (χ1) is 14.5. The molecule has 0 heterocycles. The SMILES string of the molecule is C=C1C(=CC=C2CCC[C@@]3(C)C2CC[C@@]3(O)[C@H](C)C=C[C@H](C)C(C)C)C[C@@H](O)C[C@H]1O. The third-order valence-electron chi connectivity index (χ3n) is 8.95. The van der Waals surface area contributed by atoms with Gasteiger partial charge in [0.2, 0.25) is 0 Å². The van der Waals surface area contributed by atoms with Crippen LogP contribution < -0.4 is 0 Å². The van der Waals surface area contributed by atoms with Crippen molar-refractivity contribution in [2.75, 3.05) is 0 Å². The zero-order valence-electron chi connectivity index (χ0n) is 20.3. The predicted molar refractivity (Wildman–Crippen MR) is 128 cm³/mol. The molecule has 0 amide bonds. The second-order valence-corrected chi connectivity index (χ2v) is 11.1. The fourth-order valence-corrected chi connectivity index (χ4v) is 6.23. The van der Waals surface area contributed by atoms with E-state index in [-0.39, 0.29) is 11.3 Å². The minimum Gasteiger partial charge on any atom is -0.393 e. The van der Waals surface area contributed by atoms with Crippen molar-refractivity contribution in [3.63, 3.8) is 0 Å². The van der Waals surface area contributed by atoms with Crippen molar-refractivity contribution in [3.8, 4) is 0 Å². The molecule has 1 unspecified atom stereocenters. The van der Waals surface area contributed by atoms with Crippen LogP contribution in [-0.4, -0.2) is 33.1 Å². The summed E-state index contributed by atoms with van der Waals surface area (Å²) in [5.41, 5.74) is 2.30. The third-order valence-corrected chi connectivity index (χ3v) is 8.95. The van der Waals surface area contributed by atoms with Gasteiger partial charge in [-0.3, -0.25) is 0 Å². The van der Waals surface area contributed by atoms with Crippen LogP contribution in [0, 0.1) is 29.1 Å². The molecule has 3 saturated carbocycles. The van der Waals surface area contributed by atoms with Crippen LogP contribution in [0.15, 0.2) is 47.6 Å². The third kappa shape index (κ3) is 4.65. The Kier molecular flexibility index (Phi) is 7.40. The van der Waals surface area contributed by atoms with Crippen LogP contribution in [0.3, 0.4) is 0 Å². The Morgan fingerprint density at radius 3 is 2.45 bits per heavy atom. The summed E-state index contributed by atoms with van der Waals surface area (Å²) in [4.78, 5) is 0. The highest BCUT2D eigenvalue weighted by molar-refractivity contribution is 5.39. The van der Waals surface area contributed by atoms with Crippen LogP contribution in [0.25, 0.3) is 0 Å². The maximum atomic E-state index is 11.9. The lowest BCUT2D eigenvalue weighted by Gasteiger charge is -2.49. The van der Waals surface area contributed by atoms with Gasteiger partial charge in [-0.15, -0.1) is 0 Å². The minimum atomic E-state index is -0.682. The molecule has 3 aliphatic carbocycles. The zero-order valence-corrected chi connectivity index (χ0v) is 20.3. The molecular formula is C28H44O3. The number of hydrogen-bond donors (Lipinski definition) is 3. The summed E-state index contributed by atoms with van der Waals surface area (Å²) in [6, 6.07) is 0. The summed E-state index contributed by atoms with van der Waals surface area (Å²) in [7, 11) is 0. The van der Waals surface area contributed by atoms with Crippen molar-refractivity contribution in [1.82, 2.24) is 0 Å². The number of allylic oxidation sites excluding steroid dienone is 4. The van der Waals surface area contributed by atoms with Crippen molar-refractivity contribution in [1.29, 1.82) is 0 Å². The maximum absolute atomic E-state index is 11.9. The number of hydrogen-bond acceptors (Lipinski definition) is 3. The van der Waals surface area contributed by atoms with E-state index in [1.165, 1.54) is 5.57 Å². The molecule has 174 valence electrons. The lowest BCUT2D eigenvalue weighted by molar-refractivity contribution is -0.100. The van der Waals surface area contributed by atoms with Gasteiger partial charge in [0.15, 0.2) is 0 Å². The largest absolute Gasteiger partial charge is 0.393 e. The Balaban J connectivity index is 1.83. The van der Waals surface area contributed by atoms with E-state index in [1.54, 1.807) is 0 Å². The highest BCUT2D eigenvalue weighted by Gasteiger charge is 2.59. The predicted octanol–water partition coefficient (Wildman–Crippen LogP) is 5.73. The van der Waals surface area contributed by atoms with E-state index in [2.05, 4.69) is 65.5 Å². The maximum Gasteiger partial charge on any atom is 0.0811 e. The van der Waals surface area contributed by atoms with Crippen molar-refractivity contribution in [2.24, 2.45) is 29.1 Å². The second kappa shape index (κ2) is 9.37. The van der Waals surface area contributed by atoms with Crippen molar-refractivity contribution >= 4 is 0 Å². The molecule has 7 atom stereocenters. The summed E-state index contributed by atoms with van der Waals surface area (Å²) < 4.78 is 0. The molecule has 3 N–H and O–H groups in total. The molecule has 3 heteroatoms. The summed E-state index contributed by atoms with van der Waals surface area (Å²) in [6.07, 6.45) is 13.7. The van der Waals surface area contributed by atoms with Gasteiger partial charge in [-0.25, -0.2) is 0 Å². The van der Waals surface area contributed by atoms with E-state index in [9.17, 15) is 15.3 Å². The summed E-state index contributed by atoms with van der Waals surface area (Å²) in [6.45, 7) is 15.3. The van der Waals surface area contributed by atoms with E-state index in [0.29, 0.717) is 30.6 Å². The average Bonchev–Trinajstić information content (AvgIpc) is 2.99. The number of aliphatic hydroxyl groups is 3. The molecular weight excluding hydrogens is 384 g/mol. The summed E-state index contributed by atoms with van der Waals surface area (Å²) in [5.74, 6) is 1.63. The van der Waals surface area contributed by atoms with Gasteiger partial charge in [0.05, 0.1) is 17.8 Å². The normalized spacial score (nSPS) is 41.3. The number of rotatable bonds is 5. The van der Waals surface area contributed by atoms with Crippen LogP contribution in [-0.2, 0) is 0 Å². The van der Waals surface area contributed by atoms with Crippen molar-refractivity contribution in [3.05, 3.63) is 47.6 Å². The first-order valence-corrected chi connectivity index (χ1v) is 12.3. The van der Waals surface area contributed by atoms with Crippen LogP contribution in [0.5, 0.6) is 0 Å². The summed E-state index contributed by atoms with van der Waals surface area (Å²) in [5, 5.41) is 32.1. The molecule has 0 aliphatic heterocycles. The van der Waals surface area contributed by atoms with Gasteiger partial charge in [-0.1, -0.05) is 71.1 Å². The van der Waals surface area contributed by atoms with Gasteiger partial charge in [-0.2, -0.15) is 0 Å². The van der Waals surface area contributed by atoms with Gasteiger partial charge in [0.25, 0.3) is 0 Å². The van der Waals surface area contributed by atoms with Crippen molar-refractivity contribution in [2.45, 2.75) is 97.4 Å². The minimum absolute atomic E-state index is 0.122. The monoisotopic (exact) mass is 428 g/mol. The highest BCUT2D eigenvalue weighted by atomic mass is 16.3. The van der Waals surface area contributed by atoms with Crippen LogP contribution >= 0.6 is 0 Å². The Morgan fingerprint density at radius 2 is 1.77 bits per heavy atom. The molecule has 0 saturated heterocycles. The smallest absolute Gasteiger partial charge is 0.0811 e. The van der Waals surface area contributed by atoms with Crippen LogP contribution in [0.1, 0.15) is 79.6 Å². The standard InChI is InChI=1S/C28H44O3/c1-18(2)19(3)9-10-20(4)28(31)15-13-25-22(8-7-14-27(25,28)6)11-12-23-16-24(29)17-26(30)21(23)5/h9-12,18-20,24-26,29-31H,5,7-8,13-17H2,1-4,6H3/t19-,20+,24+,25?,26+,27-,28+/m0/s1. The first kappa shape index (κ1) is 24.5. The van der Waals surface area contributed by atoms with Crippen molar-refractivity contribution < 1.29 is 15.3 Å². The quantitative estimate of drug-likeness (QED) is 0.490. The number of aliphatic hydroxyl groups excluding tert-OH is 2. The Hall–Kier alpha value is -1.16. The fraction of sp³-hybridized carbons (Fsp3) is 0.714. The van der Waals surface area contributed by atoms with Crippen LogP contribution in [0.2, 0.25) is 0 Å². The molecule has 3 rings (SSSR count). The van der Waals surface area contributed by atoms with Crippen LogP contribution in [0.4, 0.5) is 0 Å². The van der Waals surface area contributed by atoms with E-state index < -0.39 is 17.8 Å². The Bertz CT molecular complexity index is 760. The lowest BCUT2D eigenvalue weighted by Crippen LogP contribution is -2.50. The fourth-order valence-electron chi connectivity index (χ4n) is 6.23. The summed E-state index contributed by atoms with van der Waals surface area (Å²) >= 11 is 0. The molecule has 0 spiro atoms. The van der Waals surface area contributed by atoms with E-state index in [0.717, 1.165) is 43.3 Å². The molecule has 0 bridgehead atoms. The Labute approximate surface area is 189 Å². The molecule has 0 aromatic rings. The molecule has 3 fully saturated rings. The molecule has 0 aromatic heterocycles. The number of fused-ring (bicyclic) bond motifs is 1. The van der Waals surface area contributed by atoms with E-state index in [1.807, 2.05) is 0 Å². The molecule has 0 radical (unpaired) electrons. The van der Waals surface area contributed by atoms with Gasteiger partial charge in [-0.05, 0) is 67.4 Å². The molecule has 31 heavy (non-hydrogen) atoms. The topological polar surface area (TPSA) is 60.7 Å². The lowest BCUT2D eigenvalue weighted by atomic mass is 9.59. The molecule has 0 aromatic carbocycles.